The number of sulfonamides is 1. The molecule has 2 rings (SSSR count). The fourth-order valence-electron chi connectivity index (χ4n) is 1.35. The van der Waals surface area contributed by atoms with Gasteiger partial charge in [-0.3, -0.25) is 0 Å². The molecule has 0 radical (unpaired) electrons. The number of fused-ring (bicyclic) bond motifs is 1. The highest BCUT2D eigenvalue weighted by Gasteiger charge is 2.20. The Bertz CT molecular complexity index is 584. The number of hydrogen-bond acceptors (Lipinski definition) is 3. The predicted octanol–water partition coefficient (Wildman–Crippen LogP) is 2.15. The Labute approximate surface area is 93.0 Å². The highest BCUT2D eigenvalue weighted by atomic mass is 32.2. The van der Waals surface area contributed by atoms with E-state index in [-0.39, 0.29) is 0 Å². The molecular weight excluding hydrogens is 230 g/mol. The summed E-state index contributed by atoms with van der Waals surface area (Å²) in [7, 11) is -0.230. The van der Waals surface area contributed by atoms with Crippen LogP contribution in [0.3, 0.4) is 0 Å². The van der Waals surface area contributed by atoms with Gasteiger partial charge in [0.25, 0.3) is 0 Å². The summed E-state index contributed by atoms with van der Waals surface area (Å²) < 4.78 is 26.1. The van der Waals surface area contributed by atoms with Crippen molar-refractivity contribution in [2.24, 2.45) is 0 Å². The van der Waals surface area contributed by atoms with Gasteiger partial charge in [0.15, 0.2) is 0 Å². The average molecular weight is 241 g/mol. The summed E-state index contributed by atoms with van der Waals surface area (Å²) in [5, 5.41) is 2.50. The fourth-order valence-corrected chi connectivity index (χ4v) is 3.72. The van der Waals surface area contributed by atoms with Gasteiger partial charge in [0.1, 0.15) is 4.90 Å². The molecular formula is C10H11NO2S2. The minimum atomic E-state index is -3.32. The van der Waals surface area contributed by atoms with Crippen LogP contribution in [0.1, 0.15) is 0 Å². The SMILES string of the molecule is CN(C)S(=O)(=O)c1csc2ccccc12. The van der Waals surface area contributed by atoms with Gasteiger partial charge in [0.2, 0.25) is 10.0 Å². The normalized spacial score (nSPS) is 12.5. The van der Waals surface area contributed by atoms with Gasteiger partial charge in [0.05, 0.1) is 0 Å². The van der Waals surface area contributed by atoms with Crippen molar-refractivity contribution in [2.45, 2.75) is 4.90 Å². The molecule has 0 aliphatic heterocycles. The maximum absolute atomic E-state index is 11.9. The van der Waals surface area contributed by atoms with Crippen molar-refractivity contribution in [1.29, 1.82) is 0 Å². The summed E-state index contributed by atoms with van der Waals surface area (Å²) in [6, 6.07) is 7.52. The van der Waals surface area contributed by atoms with E-state index >= 15 is 0 Å². The molecule has 1 heterocycles. The van der Waals surface area contributed by atoms with Crippen LogP contribution < -0.4 is 0 Å². The molecule has 3 nitrogen and oxygen atoms in total. The lowest BCUT2D eigenvalue weighted by atomic mass is 10.3. The van der Waals surface area contributed by atoms with Crippen molar-refractivity contribution in [3.05, 3.63) is 29.6 Å². The lowest BCUT2D eigenvalue weighted by molar-refractivity contribution is 0.522. The molecule has 80 valence electrons. The first kappa shape index (κ1) is 10.6. The Kier molecular flexibility index (Phi) is 2.54. The van der Waals surface area contributed by atoms with Crippen molar-refractivity contribution in [3.8, 4) is 0 Å². The maximum atomic E-state index is 11.9. The standard InChI is InChI=1S/C10H11NO2S2/c1-11(2)15(12,13)10-7-14-9-6-4-3-5-8(9)10/h3-7H,1-2H3. The van der Waals surface area contributed by atoms with E-state index in [2.05, 4.69) is 0 Å². The summed E-state index contributed by atoms with van der Waals surface area (Å²) in [5.41, 5.74) is 0. The third kappa shape index (κ3) is 1.67. The van der Waals surface area contributed by atoms with Crippen LogP contribution in [0, 0.1) is 0 Å². The molecule has 0 fully saturated rings. The molecule has 0 saturated heterocycles. The van der Waals surface area contributed by atoms with Gasteiger partial charge in [-0.25, -0.2) is 12.7 Å². The monoisotopic (exact) mass is 241 g/mol. The first-order valence-electron chi connectivity index (χ1n) is 4.42. The molecule has 0 bridgehead atoms. The Morgan fingerprint density at radius 1 is 1.20 bits per heavy atom. The van der Waals surface area contributed by atoms with Gasteiger partial charge in [-0.15, -0.1) is 11.3 Å². The Hall–Kier alpha value is -0.910. The Morgan fingerprint density at radius 2 is 1.87 bits per heavy atom. The van der Waals surface area contributed by atoms with E-state index in [9.17, 15) is 8.42 Å². The van der Waals surface area contributed by atoms with Crippen LogP contribution >= 0.6 is 11.3 Å². The van der Waals surface area contributed by atoms with Crippen molar-refractivity contribution >= 4 is 31.4 Å². The van der Waals surface area contributed by atoms with Crippen molar-refractivity contribution in [1.82, 2.24) is 4.31 Å². The molecule has 0 saturated carbocycles. The van der Waals surface area contributed by atoms with Gasteiger partial charge in [0, 0.05) is 29.6 Å². The van der Waals surface area contributed by atoms with Crippen LogP contribution in [0.25, 0.3) is 10.1 Å². The molecule has 0 amide bonds. The van der Waals surface area contributed by atoms with Gasteiger partial charge in [-0.05, 0) is 6.07 Å². The van der Waals surface area contributed by atoms with Crippen LogP contribution in [-0.4, -0.2) is 26.8 Å². The van der Waals surface area contributed by atoms with Crippen LogP contribution in [0.2, 0.25) is 0 Å². The highest BCUT2D eigenvalue weighted by molar-refractivity contribution is 7.89. The minimum absolute atomic E-state index is 0.396. The average Bonchev–Trinajstić information content (AvgIpc) is 2.61. The maximum Gasteiger partial charge on any atom is 0.244 e. The summed E-state index contributed by atoms with van der Waals surface area (Å²) in [5.74, 6) is 0. The first-order chi connectivity index (χ1) is 7.03. The summed E-state index contributed by atoms with van der Waals surface area (Å²) in [4.78, 5) is 0.396. The second kappa shape index (κ2) is 3.59. The lowest BCUT2D eigenvalue weighted by Crippen LogP contribution is -2.21. The minimum Gasteiger partial charge on any atom is -0.207 e. The zero-order valence-electron chi connectivity index (χ0n) is 8.47. The Morgan fingerprint density at radius 3 is 2.53 bits per heavy atom. The van der Waals surface area contributed by atoms with Gasteiger partial charge in [-0.2, -0.15) is 0 Å². The Balaban J connectivity index is 2.74. The molecule has 0 aliphatic rings. The quantitative estimate of drug-likeness (QED) is 0.808. The van der Waals surface area contributed by atoms with Crippen LogP contribution in [0.4, 0.5) is 0 Å². The van der Waals surface area contributed by atoms with Crippen molar-refractivity contribution in [2.75, 3.05) is 14.1 Å². The molecule has 2 aromatic rings. The van der Waals surface area contributed by atoms with Crippen LogP contribution in [-0.2, 0) is 10.0 Å². The molecule has 0 N–H and O–H groups in total. The van der Waals surface area contributed by atoms with E-state index in [1.165, 1.54) is 15.6 Å². The number of thiophene rings is 1. The van der Waals surface area contributed by atoms with Crippen molar-refractivity contribution < 1.29 is 8.42 Å². The third-order valence-corrected chi connectivity index (χ3v) is 5.17. The first-order valence-corrected chi connectivity index (χ1v) is 6.74. The molecule has 5 heteroatoms. The van der Waals surface area contributed by atoms with Crippen LogP contribution in [0.5, 0.6) is 0 Å². The zero-order valence-corrected chi connectivity index (χ0v) is 10.1. The van der Waals surface area contributed by atoms with Crippen molar-refractivity contribution in [3.63, 3.8) is 0 Å². The highest BCUT2D eigenvalue weighted by Crippen LogP contribution is 2.30. The summed E-state index contributed by atoms with van der Waals surface area (Å²) >= 11 is 1.45. The fraction of sp³-hybridized carbons (Fsp3) is 0.200. The number of hydrogen-bond donors (Lipinski definition) is 0. The number of nitrogens with zero attached hydrogens (tertiary/aromatic N) is 1. The molecule has 0 aliphatic carbocycles. The van der Waals surface area contributed by atoms with Gasteiger partial charge >= 0.3 is 0 Å². The smallest absolute Gasteiger partial charge is 0.207 e. The zero-order chi connectivity index (χ0) is 11.1. The summed E-state index contributed by atoms with van der Waals surface area (Å²) in [6.45, 7) is 0. The predicted molar refractivity (Wildman–Crippen MR) is 62.7 cm³/mol. The molecule has 1 aromatic carbocycles. The van der Waals surface area contributed by atoms with Crippen LogP contribution in [0.15, 0.2) is 34.5 Å². The second-order valence-corrected chi connectivity index (χ2v) is 6.42. The lowest BCUT2D eigenvalue weighted by Gasteiger charge is -2.09. The van der Waals surface area contributed by atoms with Gasteiger partial charge < -0.3 is 0 Å². The van der Waals surface area contributed by atoms with E-state index in [0.717, 1.165) is 10.1 Å². The molecule has 0 spiro atoms. The van der Waals surface area contributed by atoms with Gasteiger partial charge in [-0.1, -0.05) is 18.2 Å². The molecule has 1 aromatic heterocycles. The van der Waals surface area contributed by atoms with E-state index in [1.54, 1.807) is 19.5 Å². The topological polar surface area (TPSA) is 37.4 Å². The van der Waals surface area contributed by atoms with E-state index < -0.39 is 10.0 Å². The third-order valence-electron chi connectivity index (χ3n) is 2.20. The van der Waals surface area contributed by atoms with E-state index in [1.807, 2.05) is 24.3 Å². The summed E-state index contributed by atoms with van der Waals surface area (Å²) in [6.07, 6.45) is 0. The molecule has 0 atom stereocenters. The van der Waals surface area contributed by atoms with E-state index in [4.69, 9.17) is 0 Å². The molecule has 15 heavy (non-hydrogen) atoms. The largest absolute Gasteiger partial charge is 0.244 e. The number of benzene rings is 1. The number of rotatable bonds is 2. The second-order valence-electron chi connectivity index (χ2n) is 3.38. The molecule has 0 unspecified atom stereocenters. The van der Waals surface area contributed by atoms with E-state index in [0.29, 0.717) is 4.90 Å².